The van der Waals surface area contributed by atoms with Crippen molar-refractivity contribution in [2.45, 2.75) is 84.2 Å². The first-order valence-electron chi connectivity index (χ1n) is 8.06. The van der Waals surface area contributed by atoms with Crippen molar-refractivity contribution in [2.24, 2.45) is 0 Å². The van der Waals surface area contributed by atoms with Crippen LogP contribution in [-0.2, 0) is 9.31 Å². The summed E-state index contributed by atoms with van der Waals surface area (Å²) >= 11 is 0. The molecule has 1 saturated heterocycles. The molecule has 0 aromatic heterocycles. The fourth-order valence-electron chi connectivity index (χ4n) is 2.17. The molecule has 0 aromatic carbocycles. The van der Waals surface area contributed by atoms with Crippen LogP contribution in [0.15, 0.2) is 24.3 Å². The van der Waals surface area contributed by atoms with Crippen LogP contribution in [0.2, 0.25) is 6.32 Å². The van der Waals surface area contributed by atoms with E-state index in [0.29, 0.717) is 0 Å². The zero-order valence-electron chi connectivity index (χ0n) is 13.9. The number of allylic oxidation sites excluding steroid dienone is 4. The third-order valence-corrected chi connectivity index (χ3v) is 4.20. The number of unbranched alkanes of at least 4 members (excludes halogenated alkanes) is 3. The zero-order valence-corrected chi connectivity index (χ0v) is 13.9. The lowest BCUT2D eigenvalue weighted by Gasteiger charge is -2.32. The van der Waals surface area contributed by atoms with Gasteiger partial charge < -0.3 is 9.31 Å². The average molecular weight is 278 g/mol. The molecule has 0 aliphatic carbocycles. The Balaban J connectivity index is 2.11. The molecule has 20 heavy (non-hydrogen) atoms. The van der Waals surface area contributed by atoms with E-state index in [4.69, 9.17) is 9.31 Å². The smallest absolute Gasteiger partial charge is 0.403 e. The molecule has 1 rings (SSSR count). The molecule has 0 aromatic rings. The van der Waals surface area contributed by atoms with Crippen LogP contribution >= 0.6 is 0 Å². The molecule has 114 valence electrons. The van der Waals surface area contributed by atoms with Crippen molar-refractivity contribution in [3.63, 3.8) is 0 Å². The largest absolute Gasteiger partial charge is 0.457 e. The second-order valence-corrected chi connectivity index (χ2v) is 6.62. The molecular weight excluding hydrogens is 247 g/mol. The van der Waals surface area contributed by atoms with Crippen LogP contribution in [0.25, 0.3) is 0 Å². The third-order valence-electron chi connectivity index (χ3n) is 4.20. The van der Waals surface area contributed by atoms with Gasteiger partial charge in [0.05, 0.1) is 11.2 Å². The van der Waals surface area contributed by atoms with E-state index in [-0.39, 0.29) is 18.3 Å². The second kappa shape index (κ2) is 8.04. The molecule has 0 spiro atoms. The van der Waals surface area contributed by atoms with Crippen molar-refractivity contribution < 1.29 is 9.31 Å². The van der Waals surface area contributed by atoms with Crippen molar-refractivity contribution in [1.82, 2.24) is 0 Å². The van der Waals surface area contributed by atoms with Crippen molar-refractivity contribution >= 4 is 7.12 Å². The number of rotatable bonds is 8. The van der Waals surface area contributed by atoms with E-state index < -0.39 is 0 Å². The van der Waals surface area contributed by atoms with Crippen LogP contribution in [0.4, 0.5) is 0 Å². The molecule has 0 unspecified atom stereocenters. The van der Waals surface area contributed by atoms with Gasteiger partial charge in [0.25, 0.3) is 0 Å². The number of hydrogen-bond donors (Lipinski definition) is 0. The lowest BCUT2D eigenvalue weighted by molar-refractivity contribution is 0.00578. The summed E-state index contributed by atoms with van der Waals surface area (Å²) in [7, 11) is -0.0339. The van der Waals surface area contributed by atoms with Gasteiger partial charge in [0, 0.05) is 0 Å². The minimum absolute atomic E-state index is 0.0339. The van der Waals surface area contributed by atoms with Gasteiger partial charge in [0.2, 0.25) is 0 Å². The lowest BCUT2D eigenvalue weighted by atomic mass is 9.82. The summed E-state index contributed by atoms with van der Waals surface area (Å²) < 4.78 is 12.0. The van der Waals surface area contributed by atoms with Crippen molar-refractivity contribution in [3.8, 4) is 0 Å². The molecule has 0 N–H and O–H groups in total. The minimum atomic E-state index is -0.193. The molecule has 1 fully saturated rings. The molecular formula is C17H31BO2. The predicted molar refractivity (Wildman–Crippen MR) is 87.9 cm³/mol. The topological polar surface area (TPSA) is 18.5 Å². The van der Waals surface area contributed by atoms with Crippen LogP contribution < -0.4 is 0 Å². The van der Waals surface area contributed by atoms with Crippen molar-refractivity contribution in [2.75, 3.05) is 0 Å². The first kappa shape index (κ1) is 17.5. The highest BCUT2D eigenvalue weighted by Crippen LogP contribution is 2.38. The van der Waals surface area contributed by atoms with Gasteiger partial charge in [0.1, 0.15) is 0 Å². The Kier molecular flexibility index (Phi) is 7.04. The van der Waals surface area contributed by atoms with Crippen LogP contribution in [-0.4, -0.2) is 18.3 Å². The molecule has 0 radical (unpaired) electrons. The fraction of sp³-hybridized carbons (Fsp3) is 0.765. The summed E-state index contributed by atoms with van der Waals surface area (Å²) in [6, 6.07) is 0. The standard InChI is InChI=1S/C17H31BO2/c1-6-7-8-9-10-11-12-13-14-15-18-19-16(2,3)17(4,5)20-18/h8-11H,6-7,12-15H2,1-5H3/b9-8-,11-10-. The lowest BCUT2D eigenvalue weighted by Crippen LogP contribution is -2.41. The fourth-order valence-corrected chi connectivity index (χ4v) is 2.17. The Hall–Kier alpha value is -0.535. The maximum atomic E-state index is 5.98. The quantitative estimate of drug-likeness (QED) is 0.347. The van der Waals surface area contributed by atoms with Crippen LogP contribution in [0.1, 0.15) is 66.7 Å². The van der Waals surface area contributed by atoms with E-state index in [0.717, 1.165) is 19.2 Å². The minimum Gasteiger partial charge on any atom is -0.403 e. The van der Waals surface area contributed by atoms with Gasteiger partial charge in [-0.05, 0) is 46.9 Å². The van der Waals surface area contributed by atoms with E-state index in [1.165, 1.54) is 19.3 Å². The van der Waals surface area contributed by atoms with Crippen LogP contribution in [0, 0.1) is 0 Å². The van der Waals surface area contributed by atoms with Gasteiger partial charge in [-0.15, -0.1) is 0 Å². The highest BCUT2D eigenvalue weighted by Gasteiger charge is 2.50. The Morgan fingerprint density at radius 3 is 1.95 bits per heavy atom. The predicted octanol–water partition coefficient (Wildman–Crippen LogP) is 5.16. The summed E-state index contributed by atoms with van der Waals surface area (Å²) in [6.45, 7) is 10.6. The molecule has 1 aliphatic heterocycles. The molecule has 0 bridgehead atoms. The first-order chi connectivity index (χ1) is 9.39. The maximum absolute atomic E-state index is 5.98. The molecule has 0 amide bonds. The van der Waals surface area contributed by atoms with Crippen LogP contribution in [0.5, 0.6) is 0 Å². The van der Waals surface area contributed by atoms with E-state index >= 15 is 0 Å². The Morgan fingerprint density at radius 1 is 0.850 bits per heavy atom. The Morgan fingerprint density at radius 2 is 1.40 bits per heavy atom. The van der Waals surface area contributed by atoms with E-state index in [9.17, 15) is 0 Å². The summed E-state index contributed by atoms with van der Waals surface area (Å²) in [4.78, 5) is 0. The van der Waals surface area contributed by atoms with E-state index in [1.807, 2.05) is 0 Å². The maximum Gasteiger partial charge on any atom is 0.457 e. The van der Waals surface area contributed by atoms with Gasteiger partial charge >= 0.3 is 7.12 Å². The zero-order chi connectivity index (χ0) is 15.1. The first-order valence-corrected chi connectivity index (χ1v) is 8.06. The normalized spacial score (nSPS) is 21.4. The molecule has 3 heteroatoms. The van der Waals surface area contributed by atoms with Gasteiger partial charge in [-0.3, -0.25) is 0 Å². The molecule has 0 saturated carbocycles. The van der Waals surface area contributed by atoms with Gasteiger partial charge in [-0.2, -0.15) is 0 Å². The van der Waals surface area contributed by atoms with Gasteiger partial charge in [0.15, 0.2) is 0 Å². The van der Waals surface area contributed by atoms with Gasteiger partial charge in [-0.25, -0.2) is 0 Å². The van der Waals surface area contributed by atoms with Crippen LogP contribution in [0.3, 0.4) is 0 Å². The Bertz CT molecular complexity index is 316. The molecule has 1 aliphatic rings. The Labute approximate surface area is 125 Å². The highest BCUT2D eigenvalue weighted by atomic mass is 16.7. The van der Waals surface area contributed by atoms with E-state index in [1.54, 1.807) is 0 Å². The molecule has 1 heterocycles. The summed E-state index contributed by atoms with van der Waals surface area (Å²) in [6.07, 6.45) is 15.6. The summed E-state index contributed by atoms with van der Waals surface area (Å²) in [5, 5.41) is 0. The molecule has 0 atom stereocenters. The molecule has 2 nitrogen and oxygen atoms in total. The number of hydrogen-bond acceptors (Lipinski definition) is 2. The second-order valence-electron chi connectivity index (χ2n) is 6.62. The van der Waals surface area contributed by atoms with Crippen molar-refractivity contribution in [1.29, 1.82) is 0 Å². The SMILES string of the molecule is CCC/C=C\C=C/CCCCB1OC(C)(C)C(C)(C)O1. The van der Waals surface area contributed by atoms with Crippen molar-refractivity contribution in [3.05, 3.63) is 24.3 Å². The monoisotopic (exact) mass is 278 g/mol. The van der Waals surface area contributed by atoms with E-state index in [2.05, 4.69) is 58.9 Å². The average Bonchev–Trinajstić information content (AvgIpc) is 2.56. The summed E-state index contributed by atoms with van der Waals surface area (Å²) in [5.74, 6) is 0. The third kappa shape index (κ3) is 5.45. The summed E-state index contributed by atoms with van der Waals surface area (Å²) in [5.41, 5.74) is -0.386. The highest BCUT2D eigenvalue weighted by molar-refractivity contribution is 6.45. The van der Waals surface area contributed by atoms with Gasteiger partial charge in [-0.1, -0.05) is 50.5 Å².